The number of ether oxygens (including phenoxy) is 3. The van der Waals surface area contributed by atoms with E-state index in [1.165, 1.54) is 14.0 Å². The highest BCUT2D eigenvalue weighted by Gasteiger charge is 2.25. The van der Waals surface area contributed by atoms with Crippen molar-refractivity contribution < 1.29 is 23.8 Å². The molecule has 6 heteroatoms. The molecule has 0 unspecified atom stereocenters. The van der Waals surface area contributed by atoms with E-state index in [0.717, 1.165) is 0 Å². The van der Waals surface area contributed by atoms with Crippen molar-refractivity contribution in [3.8, 4) is 17.2 Å². The third-order valence-electron chi connectivity index (χ3n) is 4.60. The minimum Gasteiger partial charge on any atom is -0.493 e. The Morgan fingerprint density at radius 2 is 1.61 bits per heavy atom. The van der Waals surface area contributed by atoms with Gasteiger partial charge in [-0.2, -0.15) is 0 Å². The van der Waals surface area contributed by atoms with Gasteiger partial charge in [0.2, 0.25) is 6.10 Å². The fourth-order valence-corrected chi connectivity index (χ4v) is 3.06. The van der Waals surface area contributed by atoms with Crippen LogP contribution in [-0.2, 0) is 4.79 Å². The Hall–Kier alpha value is -3.80. The van der Waals surface area contributed by atoms with Crippen LogP contribution in [0.4, 0.5) is 5.69 Å². The van der Waals surface area contributed by atoms with Gasteiger partial charge in [-0.25, -0.2) is 0 Å². The molecule has 0 fully saturated rings. The van der Waals surface area contributed by atoms with Crippen molar-refractivity contribution >= 4 is 17.4 Å². The Kier molecular flexibility index (Phi) is 7.27. The van der Waals surface area contributed by atoms with E-state index in [1.54, 1.807) is 30.3 Å². The maximum Gasteiger partial charge on any atom is 0.270 e. The predicted octanol–water partition coefficient (Wildman–Crippen LogP) is 5.06. The number of rotatable bonds is 9. The van der Waals surface area contributed by atoms with Crippen molar-refractivity contribution in [1.82, 2.24) is 0 Å². The van der Waals surface area contributed by atoms with Crippen LogP contribution >= 0.6 is 0 Å². The fourth-order valence-electron chi connectivity index (χ4n) is 3.06. The molecule has 0 spiro atoms. The number of anilines is 1. The average Bonchev–Trinajstić information content (AvgIpc) is 2.79. The molecule has 0 bridgehead atoms. The number of amides is 1. The first-order chi connectivity index (χ1) is 15.0. The number of carbonyl (C=O) groups is 2. The molecule has 3 aromatic carbocycles. The second-order valence-corrected chi connectivity index (χ2v) is 6.75. The number of methoxy groups -OCH3 is 1. The van der Waals surface area contributed by atoms with Crippen LogP contribution in [-0.4, -0.2) is 25.4 Å². The summed E-state index contributed by atoms with van der Waals surface area (Å²) in [5, 5.41) is 2.90. The number of nitrogens with one attached hydrogen (secondary N) is 1. The monoisotopic (exact) mass is 419 g/mol. The van der Waals surface area contributed by atoms with Gasteiger partial charge in [0.15, 0.2) is 17.3 Å². The summed E-state index contributed by atoms with van der Waals surface area (Å²) in [6.45, 7) is 3.84. The molecule has 0 aliphatic heterocycles. The molecule has 3 rings (SSSR count). The summed E-state index contributed by atoms with van der Waals surface area (Å²) in [6, 6.07) is 21.3. The van der Waals surface area contributed by atoms with Crippen molar-refractivity contribution in [1.29, 1.82) is 0 Å². The molecular weight excluding hydrogens is 394 g/mol. The summed E-state index contributed by atoms with van der Waals surface area (Å²) >= 11 is 0. The lowest BCUT2D eigenvalue weighted by Crippen LogP contribution is -2.26. The van der Waals surface area contributed by atoms with E-state index < -0.39 is 6.10 Å². The van der Waals surface area contributed by atoms with Gasteiger partial charge < -0.3 is 19.5 Å². The molecule has 1 atom stereocenters. The maximum atomic E-state index is 13.3. The quantitative estimate of drug-likeness (QED) is 0.491. The number of Topliss-reactive ketones (excluding diaryl/α,β-unsaturated/α-hetero) is 1. The average molecular weight is 419 g/mol. The zero-order chi connectivity index (χ0) is 22.2. The van der Waals surface area contributed by atoms with Gasteiger partial charge in [-0.15, -0.1) is 0 Å². The first-order valence-corrected chi connectivity index (χ1v) is 9.96. The van der Waals surface area contributed by atoms with E-state index in [4.69, 9.17) is 14.2 Å². The van der Waals surface area contributed by atoms with Crippen molar-refractivity contribution in [2.24, 2.45) is 0 Å². The first-order valence-electron chi connectivity index (χ1n) is 9.96. The molecule has 0 saturated carbocycles. The first kappa shape index (κ1) is 21.9. The Morgan fingerprint density at radius 1 is 0.903 bits per heavy atom. The number of hydrogen-bond donors (Lipinski definition) is 1. The summed E-state index contributed by atoms with van der Waals surface area (Å²) < 4.78 is 17.1. The Bertz CT molecular complexity index is 1050. The highest BCUT2D eigenvalue weighted by molar-refractivity contribution is 5.96. The Balaban J connectivity index is 1.93. The van der Waals surface area contributed by atoms with E-state index in [0.29, 0.717) is 40.7 Å². The number of ketones is 1. The molecule has 6 nitrogen and oxygen atoms in total. The molecule has 160 valence electrons. The lowest BCUT2D eigenvalue weighted by molar-refractivity contribution is -0.123. The Morgan fingerprint density at radius 3 is 2.29 bits per heavy atom. The normalized spacial score (nSPS) is 11.3. The zero-order valence-electron chi connectivity index (χ0n) is 17.8. The second kappa shape index (κ2) is 10.3. The molecule has 1 amide bonds. The van der Waals surface area contributed by atoms with Crippen LogP contribution in [0, 0.1) is 0 Å². The van der Waals surface area contributed by atoms with Gasteiger partial charge in [0.05, 0.1) is 19.4 Å². The van der Waals surface area contributed by atoms with Gasteiger partial charge >= 0.3 is 0 Å². The molecule has 31 heavy (non-hydrogen) atoms. The van der Waals surface area contributed by atoms with Gasteiger partial charge in [-0.05, 0) is 44.2 Å². The SMILES string of the molecule is CCOc1ccccc1NC(=O)[C@@H](Oc1ccc(C(C)=O)cc1OC)c1ccccc1. The number of benzene rings is 3. The van der Waals surface area contributed by atoms with Crippen molar-refractivity contribution in [2.75, 3.05) is 19.0 Å². The van der Waals surface area contributed by atoms with Crippen LogP contribution in [0.15, 0.2) is 72.8 Å². The summed E-state index contributed by atoms with van der Waals surface area (Å²) in [5.74, 6) is 0.852. The molecule has 0 heterocycles. The minimum absolute atomic E-state index is 0.0882. The third-order valence-corrected chi connectivity index (χ3v) is 4.60. The number of carbonyl (C=O) groups excluding carboxylic acids is 2. The van der Waals surface area contributed by atoms with Crippen molar-refractivity contribution in [3.05, 3.63) is 83.9 Å². The van der Waals surface area contributed by atoms with Crippen LogP contribution in [0.2, 0.25) is 0 Å². The van der Waals surface area contributed by atoms with Crippen LogP contribution < -0.4 is 19.5 Å². The fraction of sp³-hybridized carbons (Fsp3) is 0.200. The van der Waals surface area contributed by atoms with E-state index >= 15 is 0 Å². The summed E-state index contributed by atoms with van der Waals surface area (Å²) in [5.41, 5.74) is 1.72. The Labute approximate surface area is 181 Å². The molecule has 0 radical (unpaired) electrons. The van der Waals surface area contributed by atoms with E-state index in [2.05, 4.69) is 5.32 Å². The predicted molar refractivity (Wildman–Crippen MR) is 119 cm³/mol. The van der Waals surface area contributed by atoms with E-state index in [1.807, 2.05) is 49.4 Å². The third kappa shape index (κ3) is 5.42. The molecule has 0 aliphatic carbocycles. The summed E-state index contributed by atoms with van der Waals surface area (Å²) in [4.78, 5) is 25.0. The van der Waals surface area contributed by atoms with Gasteiger partial charge in [0.25, 0.3) is 5.91 Å². The lowest BCUT2D eigenvalue weighted by Gasteiger charge is -2.21. The standard InChI is InChI=1S/C25H25NO5/c1-4-30-21-13-9-8-12-20(21)26-25(28)24(18-10-6-5-7-11-18)31-22-15-14-19(17(2)27)16-23(22)29-3/h5-16,24H,4H2,1-3H3,(H,26,28)/t24-/m0/s1. The van der Waals surface area contributed by atoms with E-state index in [9.17, 15) is 9.59 Å². The topological polar surface area (TPSA) is 73.9 Å². The van der Waals surface area contributed by atoms with Crippen LogP contribution in [0.25, 0.3) is 0 Å². The summed E-state index contributed by atoms with van der Waals surface area (Å²) in [6.07, 6.45) is -0.951. The minimum atomic E-state index is -0.951. The molecule has 0 aliphatic rings. The summed E-state index contributed by atoms with van der Waals surface area (Å²) in [7, 11) is 1.49. The highest BCUT2D eigenvalue weighted by atomic mass is 16.5. The molecule has 1 N–H and O–H groups in total. The van der Waals surface area contributed by atoms with Crippen LogP contribution in [0.1, 0.15) is 35.9 Å². The molecule has 3 aromatic rings. The number of para-hydroxylation sites is 2. The second-order valence-electron chi connectivity index (χ2n) is 6.75. The van der Waals surface area contributed by atoms with Gasteiger partial charge in [0, 0.05) is 11.1 Å². The van der Waals surface area contributed by atoms with Gasteiger partial charge in [-0.3, -0.25) is 9.59 Å². The maximum absolute atomic E-state index is 13.3. The van der Waals surface area contributed by atoms with Crippen molar-refractivity contribution in [2.45, 2.75) is 20.0 Å². The smallest absolute Gasteiger partial charge is 0.270 e. The van der Waals surface area contributed by atoms with E-state index in [-0.39, 0.29) is 11.7 Å². The van der Waals surface area contributed by atoms with Gasteiger partial charge in [0.1, 0.15) is 5.75 Å². The van der Waals surface area contributed by atoms with Crippen LogP contribution in [0.5, 0.6) is 17.2 Å². The molecule has 0 saturated heterocycles. The van der Waals surface area contributed by atoms with Crippen LogP contribution in [0.3, 0.4) is 0 Å². The largest absolute Gasteiger partial charge is 0.493 e. The van der Waals surface area contributed by atoms with Gasteiger partial charge in [-0.1, -0.05) is 42.5 Å². The van der Waals surface area contributed by atoms with Crippen molar-refractivity contribution in [3.63, 3.8) is 0 Å². The zero-order valence-corrected chi connectivity index (χ0v) is 17.8. The molecular formula is C25H25NO5. The molecule has 0 aromatic heterocycles. The highest BCUT2D eigenvalue weighted by Crippen LogP contribution is 2.33. The number of hydrogen-bond acceptors (Lipinski definition) is 5. The lowest BCUT2D eigenvalue weighted by atomic mass is 10.1.